The second-order valence-corrected chi connectivity index (χ2v) is 6.55. The molecule has 3 rings (SSSR count). The van der Waals surface area contributed by atoms with E-state index in [4.69, 9.17) is 4.42 Å². The molecule has 118 valence electrons. The fourth-order valence-corrected chi connectivity index (χ4v) is 4.03. The van der Waals surface area contributed by atoms with Gasteiger partial charge in [-0.15, -0.1) is 0 Å². The van der Waals surface area contributed by atoms with Crippen molar-refractivity contribution in [3.8, 4) is 0 Å². The Balaban J connectivity index is 1.62. The fraction of sp³-hybridized carbons (Fsp3) is 0.500. The standard InChI is InChI=1S/C14H15BrN2O5/c15-9-4-3-8(22-9)12(18)16-17-13(19)10-6-1-2-7(5-6)11(10)14(20)21/h3-4,6-7,10-11H,1-2,5H2,(H,16,18)(H,17,19)(H,20,21)/t6-,7+,10-,11+/m0/s1. The Morgan fingerprint density at radius 3 is 2.41 bits per heavy atom. The number of carbonyl (C=O) groups excluding carboxylic acids is 2. The number of hydrogen-bond donors (Lipinski definition) is 3. The molecule has 2 bridgehead atoms. The maximum Gasteiger partial charge on any atom is 0.307 e. The maximum atomic E-state index is 12.3. The van der Waals surface area contributed by atoms with Crippen LogP contribution in [0.3, 0.4) is 0 Å². The molecule has 1 aromatic heterocycles. The lowest BCUT2D eigenvalue weighted by Crippen LogP contribution is -2.48. The zero-order chi connectivity index (χ0) is 15.9. The van der Waals surface area contributed by atoms with E-state index in [1.165, 1.54) is 6.07 Å². The lowest BCUT2D eigenvalue weighted by molar-refractivity contribution is -0.149. The third-order valence-corrected chi connectivity index (χ3v) is 5.03. The quantitative estimate of drug-likeness (QED) is 0.699. The molecule has 2 aliphatic carbocycles. The average molecular weight is 371 g/mol. The maximum absolute atomic E-state index is 12.3. The molecule has 0 radical (unpaired) electrons. The van der Waals surface area contributed by atoms with Gasteiger partial charge in [-0.1, -0.05) is 0 Å². The molecule has 22 heavy (non-hydrogen) atoms. The number of carbonyl (C=O) groups is 3. The van der Waals surface area contributed by atoms with Crippen molar-refractivity contribution in [3.05, 3.63) is 22.6 Å². The summed E-state index contributed by atoms with van der Waals surface area (Å²) >= 11 is 3.08. The molecule has 8 heteroatoms. The first kappa shape index (κ1) is 15.1. The van der Waals surface area contributed by atoms with Crippen molar-refractivity contribution < 1.29 is 23.9 Å². The van der Waals surface area contributed by atoms with E-state index >= 15 is 0 Å². The molecule has 0 spiro atoms. The van der Waals surface area contributed by atoms with Crippen molar-refractivity contribution in [1.82, 2.24) is 10.9 Å². The molecule has 2 amide bonds. The van der Waals surface area contributed by atoms with Crippen molar-refractivity contribution in [3.63, 3.8) is 0 Å². The Labute approximate surface area is 134 Å². The monoisotopic (exact) mass is 370 g/mol. The van der Waals surface area contributed by atoms with Gasteiger partial charge in [-0.25, -0.2) is 0 Å². The van der Waals surface area contributed by atoms with E-state index in [1.54, 1.807) is 6.07 Å². The number of hydrogen-bond acceptors (Lipinski definition) is 4. The van der Waals surface area contributed by atoms with E-state index in [9.17, 15) is 19.5 Å². The van der Waals surface area contributed by atoms with Crippen LogP contribution in [0.15, 0.2) is 21.2 Å². The molecule has 0 aliphatic heterocycles. The van der Waals surface area contributed by atoms with E-state index < -0.39 is 29.6 Å². The molecule has 2 saturated carbocycles. The molecule has 2 fully saturated rings. The Morgan fingerprint density at radius 1 is 1.14 bits per heavy atom. The number of furan rings is 1. The van der Waals surface area contributed by atoms with Gasteiger partial charge in [0.05, 0.1) is 11.8 Å². The van der Waals surface area contributed by atoms with Crippen LogP contribution >= 0.6 is 15.9 Å². The third-order valence-electron chi connectivity index (χ3n) is 4.60. The molecule has 0 saturated heterocycles. The molecule has 0 aromatic carbocycles. The Hall–Kier alpha value is -1.83. The van der Waals surface area contributed by atoms with Crippen LogP contribution in [0, 0.1) is 23.7 Å². The number of amides is 2. The third kappa shape index (κ3) is 2.63. The van der Waals surface area contributed by atoms with E-state index in [0.717, 1.165) is 19.3 Å². The number of hydrazine groups is 1. The first-order valence-corrected chi connectivity index (χ1v) is 7.85. The van der Waals surface area contributed by atoms with Crippen molar-refractivity contribution in [2.24, 2.45) is 23.7 Å². The summed E-state index contributed by atoms with van der Waals surface area (Å²) in [4.78, 5) is 35.4. The summed E-state index contributed by atoms with van der Waals surface area (Å²) in [5.41, 5.74) is 4.59. The topological polar surface area (TPSA) is 109 Å². The highest BCUT2D eigenvalue weighted by molar-refractivity contribution is 9.10. The van der Waals surface area contributed by atoms with Gasteiger partial charge in [-0.2, -0.15) is 0 Å². The number of rotatable bonds is 3. The normalized spacial score (nSPS) is 29.3. The van der Waals surface area contributed by atoms with E-state index in [-0.39, 0.29) is 17.6 Å². The summed E-state index contributed by atoms with van der Waals surface area (Å²) in [7, 11) is 0. The van der Waals surface area contributed by atoms with Gasteiger partial charge < -0.3 is 9.52 Å². The van der Waals surface area contributed by atoms with Crippen LogP contribution < -0.4 is 10.9 Å². The molecule has 2 aliphatic rings. The number of aliphatic carboxylic acids is 1. The van der Waals surface area contributed by atoms with Gasteiger partial charge in [-0.05, 0) is 59.2 Å². The van der Waals surface area contributed by atoms with Gasteiger partial charge in [0.1, 0.15) is 0 Å². The van der Waals surface area contributed by atoms with Crippen LogP contribution in [-0.2, 0) is 9.59 Å². The minimum Gasteiger partial charge on any atom is -0.481 e. The summed E-state index contributed by atoms with van der Waals surface area (Å²) < 4.78 is 5.48. The first-order chi connectivity index (χ1) is 10.5. The van der Waals surface area contributed by atoms with Crippen molar-refractivity contribution in [1.29, 1.82) is 0 Å². The largest absolute Gasteiger partial charge is 0.481 e. The highest BCUT2D eigenvalue weighted by atomic mass is 79.9. The molecule has 3 N–H and O–H groups in total. The second kappa shape index (κ2) is 5.75. The molecule has 0 unspecified atom stereocenters. The lowest BCUT2D eigenvalue weighted by atomic mass is 9.79. The van der Waals surface area contributed by atoms with Gasteiger partial charge >= 0.3 is 11.9 Å². The van der Waals surface area contributed by atoms with Gasteiger partial charge in [0.15, 0.2) is 10.4 Å². The zero-order valence-corrected chi connectivity index (χ0v) is 13.1. The van der Waals surface area contributed by atoms with Crippen LogP contribution in [-0.4, -0.2) is 22.9 Å². The number of nitrogens with one attached hydrogen (secondary N) is 2. The smallest absolute Gasteiger partial charge is 0.307 e. The van der Waals surface area contributed by atoms with E-state index in [0.29, 0.717) is 4.67 Å². The highest BCUT2D eigenvalue weighted by Gasteiger charge is 2.54. The summed E-state index contributed by atoms with van der Waals surface area (Å²) in [6, 6.07) is 3.02. The lowest BCUT2D eigenvalue weighted by Gasteiger charge is -2.26. The molecular formula is C14H15BrN2O5. The van der Waals surface area contributed by atoms with Crippen molar-refractivity contribution in [2.75, 3.05) is 0 Å². The molecule has 1 aromatic rings. The minimum absolute atomic E-state index is 0.0508. The predicted octanol–water partition coefficient (Wildman–Crippen LogP) is 1.55. The number of halogens is 1. The minimum atomic E-state index is -0.936. The Morgan fingerprint density at radius 2 is 1.82 bits per heavy atom. The average Bonchev–Trinajstić information content (AvgIpc) is 3.18. The SMILES string of the molecule is O=C(NNC(=O)[C@H]1[C@H]2CC[C@H](C2)[C@H]1C(=O)O)c1ccc(Br)o1. The van der Waals surface area contributed by atoms with Crippen LogP contribution in [0.25, 0.3) is 0 Å². The fourth-order valence-electron chi connectivity index (χ4n) is 3.72. The Kier molecular flexibility index (Phi) is 3.94. The summed E-state index contributed by atoms with van der Waals surface area (Å²) in [6.07, 6.45) is 2.50. The van der Waals surface area contributed by atoms with Crippen molar-refractivity contribution in [2.45, 2.75) is 19.3 Å². The number of fused-ring (bicyclic) bond motifs is 2. The van der Waals surface area contributed by atoms with Crippen LogP contribution in [0.5, 0.6) is 0 Å². The highest BCUT2D eigenvalue weighted by Crippen LogP contribution is 2.52. The molecule has 4 atom stereocenters. The molecular weight excluding hydrogens is 356 g/mol. The van der Waals surface area contributed by atoms with E-state index in [1.807, 2.05) is 0 Å². The zero-order valence-electron chi connectivity index (χ0n) is 11.5. The van der Waals surface area contributed by atoms with Gasteiger partial charge in [-0.3, -0.25) is 25.2 Å². The van der Waals surface area contributed by atoms with Gasteiger partial charge in [0.2, 0.25) is 5.91 Å². The van der Waals surface area contributed by atoms with Gasteiger partial charge in [0.25, 0.3) is 0 Å². The predicted molar refractivity (Wildman–Crippen MR) is 77.5 cm³/mol. The second-order valence-electron chi connectivity index (χ2n) is 5.77. The van der Waals surface area contributed by atoms with Crippen molar-refractivity contribution >= 4 is 33.7 Å². The summed E-state index contributed by atoms with van der Waals surface area (Å²) in [6.45, 7) is 0. The first-order valence-electron chi connectivity index (χ1n) is 7.05. The number of carboxylic acid groups (broad SMARTS) is 1. The van der Waals surface area contributed by atoms with Crippen LogP contribution in [0.2, 0.25) is 0 Å². The van der Waals surface area contributed by atoms with Gasteiger partial charge in [0, 0.05) is 0 Å². The van der Waals surface area contributed by atoms with E-state index in [2.05, 4.69) is 26.8 Å². The summed E-state index contributed by atoms with van der Waals surface area (Å²) in [5, 5.41) is 9.33. The molecule has 7 nitrogen and oxygen atoms in total. The van der Waals surface area contributed by atoms with Crippen LogP contribution in [0.1, 0.15) is 29.8 Å². The summed E-state index contributed by atoms with van der Waals surface area (Å²) in [5.74, 6) is -3.01. The Bertz CT molecular complexity index is 629. The molecule has 1 heterocycles. The van der Waals surface area contributed by atoms with Crippen LogP contribution in [0.4, 0.5) is 0 Å². The number of carboxylic acids is 1.